The van der Waals surface area contributed by atoms with Crippen molar-refractivity contribution in [1.29, 1.82) is 0 Å². The molecule has 3 unspecified atom stereocenters. The highest BCUT2D eigenvalue weighted by atomic mass is 16.2. The first-order valence-electron chi connectivity index (χ1n) is 6.28. The Morgan fingerprint density at radius 1 is 1.33 bits per heavy atom. The molecule has 1 saturated heterocycles. The Bertz CT molecular complexity index is 275. The third-order valence-electron chi connectivity index (χ3n) is 4.32. The second-order valence-electron chi connectivity index (χ2n) is 5.52. The Morgan fingerprint density at radius 2 is 2.13 bits per heavy atom. The van der Waals surface area contributed by atoms with E-state index in [1.165, 1.54) is 19.3 Å². The van der Waals surface area contributed by atoms with Gasteiger partial charge < -0.3 is 10.6 Å². The summed E-state index contributed by atoms with van der Waals surface area (Å²) in [7, 11) is 0. The molecule has 0 aromatic rings. The molecule has 1 aliphatic heterocycles. The molecule has 2 aliphatic carbocycles. The van der Waals surface area contributed by atoms with Gasteiger partial charge in [-0.25, -0.2) is 0 Å². The van der Waals surface area contributed by atoms with E-state index in [9.17, 15) is 4.79 Å². The fourth-order valence-electron chi connectivity index (χ4n) is 3.00. The number of amides is 1. The van der Waals surface area contributed by atoms with Crippen molar-refractivity contribution in [2.45, 2.75) is 25.7 Å². The molecule has 3 heteroatoms. The SMILES string of the molecule is NCC1CCN(C(=O)C2CC2C2CC2)C1. The Labute approximate surface area is 91.0 Å². The van der Waals surface area contributed by atoms with Crippen LogP contribution in [0.1, 0.15) is 25.7 Å². The number of carbonyl (C=O) groups excluding carboxylic acids is 1. The minimum Gasteiger partial charge on any atom is -0.342 e. The summed E-state index contributed by atoms with van der Waals surface area (Å²) in [6.07, 6.45) is 5.04. The first kappa shape index (κ1) is 9.64. The van der Waals surface area contributed by atoms with E-state index >= 15 is 0 Å². The van der Waals surface area contributed by atoms with Crippen molar-refractivity contribution in [1.82, 2.24) is 4.90 Å². The van der Waals surface area contributed by atoms with E-state index in [0.29, 0.717) is 17.7 Å². The molecule has 15 heavy (non-hydrogen) atoms. The quantitative estimate of drug-likeness (QED) is 0.747. The lowest BCUT2D eigenvalue weighted by molar-refractivity contribution is -0.132. The number of carbonyl (C=O) groups is 1. The van der Waals surface area contributed by atoms with Crippen molar-refractivity contribution in [3.63, 3.8) is 0 Å². The summed E-state index contributed by atoms with van der Waals surface area (Å²) in [5.74, 6) is 3.06. The van der Waals surface area contributed by atoms with Gasteiger partial charge in [-0.3, -0.25) is 4.79 Å². The summed E-state index contributed by atoms with van der Waals surface area (Å²) in [6.45, 7) is 2.61. The van der Waals surface area contributed by atoms with Crippen LogP contribution in [0.3, 0.4) is 0 Å². The van der Waals surface area contributed by atoms with Gasteiger partial charge in [0.05, 0.1) is 0 Å². The number of hydrogen-bond acceptors (Lipinski definition) is 2. The van der Waals surface area contributed by atoms with Crippen LogP contribution < -0.4 is 5.73 Å². The average Bonchev–Trinajstić information content (AvgIpc) is 3.11. The fourth-order valence-corrected chi connectivity index (χ4v) is 3.00. The molecule has 2 N–H and O–H groups in total. The van der Waals surface area contributed by atoms with Crippen LogP contribution in [0, 0.1) is 23.7 Å². The van der Waals surface area contributed by atoms with Crippen LogP contribution in [0.15, 0.2) is 0 Å². The van der Waals surface area contributed by atoms with Gasteiger partial charge in [0.15, 0.2) is 0 Å². The number of rotatable bonds is 3. The topological polar surface area (TPSA) is 46.3 Å². The number of hydrogen-bond donors (Lipinski definition) is 1. The van der Waals surface area contributed by atoms with E-state index in [1.54, 1.807) is 0 Å². The predicted octanol–water partition coefficient (Wildman–Crippen LogP) is 0.840. The number of likely N-dealkylation sites (tertiary alicyclic amines) is 1. The first-order valence-corrected chi connectivity index (χ1v) is 6.28. The molecule has 3 nitrogen and oxygen atoms in total. The van der Waals surface area contributed by atoms with Gasteiger partial charge in [-0.2, -0.15) is 0 Å². The zero-order chi connectivity index (χ0) is 10.4. The molecule has 0 radical (unpaired) electrons. The van der Waals surface area contributed by atoms with Crippen molar-refractivity contribution < 1.29 is 4.79 Å². The summed E-state index contributed by atoms with van der Waals surface area (Å²) < 4.78 is 0. The van der Waals surface area contributed by atoms with Gasteiger partial charge in [0.25, 0.3) is 0 Å². The monoisotopic (exact) mass is 208 g/mol. The predicted molar refractivity (Wildman–Crippen MR) is 58.1 cm³/mol. The lowest BCUT2D eigenvalue weighted by atomic mass is 10.1. The molecule has 0 aromatic carbocycles. The van der Waals surface area contributed by atoms with Crippen LogP contribution in [0.5, 0.6) is 0 Å². The second-order valence-corrected chi connectivity index (χ2v) is 5.52. The van der Waals surface area contributed by atoms with E-state index in [-0.39, 0.29) is 0 Å². The standard InChI is InChI=1S/C12H20N2O/c13-6-8-3-4-14(7-8)12(15)11-5-10(11)9-1-2-9/h8-11H,1-7,13H2. The zero-order valence-electron chi connectivity index (χ0n) is 9.19. The lowest BCUT2D eigenvalue weighted by Gasteiger charge is -2.16. The minimum atomic E-state index is 0.397. The van der Waals surface area contributed by atoms with Crippen LogP contribution >= 0.6 is 0 Å². The van der Waals surface area contributed by atoms with Gasteiger partial charge >= 0.3 is 0 Å². The second kappa shape index (κ2) is 3.48. The van der Waals surface area contributed by atoms with Crippen molar-refractivity contribution in [2.24, 2.45) is 29.4 Å². The van der Waals surface area contributed by atoms with Gasteiger partial charge in [-0.05, 0) is 50.0 Å². The smallest absolute Gasteiger partial charge is 0.225 e. The Kier molecular flexibility index (Phi) is 2.23. The molecule has 1 heterocycles. The minimum absolute atomic E-state index is 0.397. The molecule has 0 aromatic heterocycles. The molecular weight excluding hydrogens is 188 g/mol. The van der Waals surface area contributed by atoms with Crippen molar-refractivity contribution in [2.75, 3.05) is 19.6 Å². The van der Waals surface area contributed by atoms with Crippen LogP contribution in [-0.2, 0) is 4.79 Å². The van der Waals surface area contributed by atoms with Crippen LogP contribution in [0.4, 0.5) is 0 Å². The van der Waals surface area contributed by atoms with E-state index < -0.39 is 0 Å². The summed E-state index contributed by atoms with van der Waals surface area (Å²) in [4.78, 5) is 14.2. The summed E-state index contributed by atoms with van der Waals surface area (Å²) in [5, 5.41) is 0. The van der Waals surface area contributed by atoms with Gasteiger partial charge in [-0.15, -0.1) is 0 Å². The molecule has 1 amide bonds. The zero-order valence-corrected chi connectivity index (χ0v) is 9.19. The normalized spacial score (nSPS) is 39.5. The number of nitrogens with two attached hydrogens (primary N) is 1. The van der Waals surface area contributed by atoms with Gasteiger partial charge in [0.2, 0.25) is 5.91 Å². The van der Waals surface area contributed by atoms with Crippen LogP contribution in [0.2, 0.25) is 0 Å². The molecule has 3 aliphatic rings. The summed E-state index contributed by atoms with van der Waals surface area (Å²) in [5.41, 5.74) is 5.64. The Balaban J connectivity index is 1.53. The molecule has 0 bridgehead atoms. The van der Waals surface area contributed by atoms with E-state index in [1.807, 2.05) is 0 Å². The van der Waals surface area contributed by atoms with Crippen LogP contribution in [0.25, 0.3) is 0 Å². The van der Waals surface area contributed by atoms with Crippen LogP contribution in [-0.4, -0.2) is 30.4 Å². The largest absolute Gasteiger partial charge is 0.342 e. The van der Waals surface area contributed by atoms with Crippen molar-refractivity contribution in [3.05, 3.63) is 0 Å². The molecule has 3 atom stereocenters. The van der Waals surface area contributed by atoms with E-state index in [0.717, 1.165) is 37.9 Å². The first-order chi connectivity index (χ1) is 7.29. The molecule has 3 fully saturated rings. The van der Waals surface area contributed by atoms with Gasteiger partial charge in [0.1, 0.15) is 0 Å². The lowest BCUT2D eigenvalue weighted by Crippen LogP contribution is -2.31. The highest BCUT2D eigenvalue weighted by molar-refractivity contribution is 5.82. The maximum atomic E-state index is 12.1. The third kappa shape index (κ3) is 1.78. The third-order valence-corrected chi connectivity index (χ3v) is 4.32. The summed E-state index contributed by atoms with van der Waals surface area (Å²) >= 11 is 0. The van der Waals surface area contributed by atoms with Crippen molar-refractivity contribution in [3.8, 4) is 0 Å². The highest BCUT2D eigenvalue weighted by Gasteiger charge is 2.52. The average molecular weight is 208 g/mol. The molecule has 0 spiro atoms. The van der Waals surface area contributed by atoms with E-state index in [2.05, 4.69) is 4.90 Å². The molecular formula is C12H20N2O. The van der Waals surface area contributed by atoms with Crippen molar-refractivity contribution >= 4 is 5.91 Å². The van der Waals surface area contributed by atoms with Gasteiger partial charge in [0, 0.05) is 19.0 Å². The Hall–Kier alpha value is -0.570. The highest BCUT2D eigenvalue weighted by Crippen LogP contribution is 2.55. The number of nitrogens with zero attached hydrogens (tertiary/aromatic N) is 1. The molecule has 2 saturated carbocycles. The van der Waals surface area contributed by atoms with Gasteiger partial charge in [-0.1, -0.05) is 0 Å². The van der Waals surface area contributed by atoms with E-state index in [4.69, 9.17) is 5.73 Å². The maximum Gasteiger partial charge on any atom is 0.225 e. The maximum absolute atomic E-state index is 12.1. The summed E-state index contributed by atoms with van der Waals surface area (Å²) in [6, 6.07) is 0. The molecule has 84 valence electrons. The Morgan fingerprint density at radius 3 is 2.73 bits per heavy atom. The molecule has 3 rings (SSSR count). The fraction of sp³-hybridized carbons (Fsp3) is 0.917.